The van der Waals surface area contributed by atoms with Gasteiger partial charge in [0.05, 0.1) is 18.1 Å². The molecule has 4 rings (SSSR count). The van der Waals surface area contributed by atoms with Crippen LogP contribution in [0.15, 0.2) is 36.5 Å². The summed E-state index contributed by atoms with van der Waals surface area (Å²) in [5, 5.41) is 13.8. The van der Waals surface area contributed by atoms with E-state index in [1.807, 2.05) is 0 Å². The molecule has 0 aliphatic rings. The largest absolute Gasteiger partial charge is 0.466 e. The van der Waals surface area contributed by atoms with E-state index in [2.05, 4.69) is 20.1 Å². The highest BCUT2D eigenvalue weighted by Gasteiger charge is 2.23. The van der Waals surface area contributed by atoms with E-state index >= 15 is 0 Å². The summed E-state index contributed by atoms with van der Waals surface area (Å²) >= 11 is 0. The Bertz CT molecular complexity index is 1460. The van der Waals surface area contributed by atoms with Crippen molar-refractivity contribution in [2.24, 2.45) is 0 Å². The number of amides is 1. The highest BCUT2D eigenvalue weighted by Crippen LogP contribution is 2.32. The molecule has 0 unspecified atom stereocenters. The van der Waals surface area contributed by atoms with Crippen LogP contribution in [0.3, 0.4) is 0 Å². The molecule has 1 aromatic carbocycles. The highest BCUT2D eigenvalue weighted by molar-refractivity contribution is 7.45. The fourth-order valence-electron chi connectivity index (χ4n) is 3.13. The Morgan fingerprint density at radius 3 is 2.28 bits per heavy atom. The van der Waals surface area contributed by atoms with E-state index in [0.29, 0.717) is 5.56 Å². The van der Waals surface area contributed by atoms with Gasteiger partial charge in [0.15, 0.2) is 23.1 Å². The number of carbonyl (C=O) groups is 1. The van der Waals surface area contributed by atoms with Crippen molar-refractivity contribution in [1.82, 2.24) is 24.7 Å². The average Bonchev–Trinajstić information content (AvgIpc) is 3.11. The zero-order valence-corrected chi connectivity index (χ0v) is 19.2. The number of aromatic nitrogens is 5. The van der Waals surface area contributed by atoms with Crippen LogP contribution in [0.1, 0.15) is 5.56 Å². The number of fused-ring (bicyclic) bond motifs is 1. The van der Waals surface area contributed by atoms with Crippen LogP contribution in [0, 0.1) is 11.6 Å². The minimum absolute atomic E-state index is 0.0204. The molecule has 17 heteroatoms. The summed E-state index contributed by atoms with van der Waals surface area (Å²) in [5.74, 6) is -1.51. The Balaban J connectivity index is 0.000000658. The molecule has 0 aliphatic heterocycles. The minimum Gasteiger partial charge on any atom is -0.465 e. The maximum Gasteiger partial charge on any atom is 0.466 e. The number of halogens is 2. The van der Waals surface area contributed by atoms with Crippen LogP contribution >= 0.6 is 7.82 Å². The molecule has 0 bridgehead atoms. The maximum absolute atomic E-state index is 14.1. The lowest BCUT2D eigenvalue weighted by Gasteiger charge is -2.16. The van der Waals surface area contributed by atoms with Gasteiger partial charge in [-0.05, 0) is 12.1 Å². The molecule has 1 amide bonds. The fraction of sp³-hybridized carbons (Fsp3) is 0.105. The first-order valence-corrected chi connectivity index (χ1v) is 11.3. The molecule has 4 aromatic rings. The van der Waals surface area contributed by atoms with Crippen LogP contribution in [0.5, 0.6) is 0 Å². The van der Waals surface area contributed by atoms with Crippen LogP contribution in [-0.4, -0.2) is 57.7 Å². The Morgan fingerprint density at radius 1 is 1.14 bits per heavy atom. The van der Waals surface area contributed by atoms with Gasteiger partial charge >= 0.3 is 13.9 Å². The molecule has 8 N–H and O–H groups in total. The number of carboxylic acid groups (broad SMARTS) is 1. The monoisotopic (exact) mass is 524 g/mol. The minimum atomic E-state index is -4.64. The van der Waals surface area contributed by atoms with Gasteiger partial charge in [0.1, 0.15) is 23.0 Å². The van der Waals surface area contributed by atoms with E-state index in [4.69, 9.17) is 30.7 Å². The molecule has 36 heavy (non-hydrogen) atoms. The van der Waals surface area contributed by atoms with Gasteiger partial charge < -0.3 is 31.3 Å². The summed E-state index contributed by atoms with van der Waals surface area (Å²) in [5.41, 5.74) is 12.5. The quantitative estimate of drug-likeness (QED) is 0.209. The summed E-state index contributed by atoms with van der Waals surface area (Å²) < 4.78 is 38.3. The standard InChI is InChI=1S/C19H16F2N8O2.H3O4P/c1-28(19(30)31)14-15(22)25-17(26-16(14)23)13-11-6-10(20)7-24-18(11)29(27-13)8-9-4-2-3-5-12(9)21;1-5(2,3)4/h2-7H,8H2,1H3,(H,30,31)(H4,22,23,25,26);(H3,1,2,3,4). The number of rotatable bonds is 4. The normalized spacial score (nSPS) is 11.2. The zero-order valence-electron chi connectivity index (χ0n) is 18.3. The molecule has 3 heterocycles. The van der Waals surface area contributed by atoms with E-state index in [9.17, 15) is 18.7 Å². The Kier molecular flexibility index (Phi) is 7.45. The average molecular weight is 524 g/mol. The van der Waals surface area contributed by atoms with E-state index in [0.717, 1.165) is 11.1 Å². The third-order valence-electron chi connectivity index (χ3n) is 4.60. The summed E-state index contributed by atoms with van der Waals surface area (Å²) in [6, 6.07) is 7.34. The van der Waals surface area contributed by atoms with Crippen molar-refractivity contribution in [2.75, 3.05) is 23.4 Å². The van der Waals surface area contributed by atoms with Gasteiger partial charge in [-0.15, -0.1) is 0 Å². The summed E-state index contributed by atoms with van der Waals surface area (Å²) in [6.45, 7) is 0.0204. The predicted molar refractivity (Wildman–Crippen MR) is 124 cm³/mol. The third kappa shape index (κ3) is 6.05. The number of benzene rings is 1. The van der Waals surface area contributed by atoms with Gasteiger partial charge in [-0.1, -0.05) is 18.2 Å². The number of pyridine rings is 1. The molecule has 190 valence electrons. The SMILES string of the molecule is CN(C(=O)O)c1c(N)nc(-c2nn(Cc3ccccc3F)c3ncc(F)cc23)nc1N.O=P(O)(O)O. The van der Waals surface area contributed by atoms with E-state index in [1.54, 1.807) is 18.2 Å². The summed E-state index contributed by atoms with van der Waals surface area (Å²) in [6.07, 6.45) is -0.291. The lowest BCUT2D eigenvalue weighted by Crippen LogP contribution is -2.26. The van der Waals surface area contributed by atoms with Gasteiger partial charge in [0.2, 0.25) is 0 Å². The van der Waals surface area contributed by atoms with Gasteiger partial charge in [0.25, 0.3) is 0 Å². The molecule has 14 nitrogen and oxygen atoms in total. The smallest absolute Gasteiger partial charge is 0.465 e. The van der Waals surface area contributed by atoms with E-state index in [1.165, 1.54) is 23.9 Å². The first-order valence-electron chi connectivity index (χ1n) is 9.70. The molecule has 0 atom stereocenters. The van der Waals surface area contributed by atoms with Crippen molar-refractivity contribution in [2.45, 2.75) is 6.54 Å². The lowest BCUT2D eigenvalue weighted by atomic mass is 10.2. The second-order valence-corrected chi connectivity index (χ2v) is 8.17. The van der Waals surface area contributed by atoms with Gasteiger partial charge in [0, 0.05) is 12.6 Å². The number of anilines is 3. The topological polar surface area (TPSA) is 227 Å². The Morgan fingerprint density at radius 2 is 1.72 bits per heavy atom. The molecule has 0 saturated carbocycles. The summed E-state index contributed by atoms with van der Waals surface area (Å²) in [7, 11) is -3.40. The lowest BCUT2D eigenvalue weighted by molar-refractivity contribution is 0.203. The third-order valence-corrected chi connectivity index (χ3v) is 4.60. The van der Waals surface area contributed by atoms with Crippen molar-refractivity contribution in [3.8, 4) is 11.5 Å². The summed E-state index contributed by atoms with van der Waals surface area (Å²) in [4.78, 5) is 45.9. The van der Waals surface area contributed by atoms with Crippen molar-refractivity contribution < 1.29 is 37.9 Å². The molecule has 0 saturated heterocycles. The zero-order chi connectivity index (χ0) is 26.8. The predicted octanol–water partition coefficient (Wildman–Crippen LogP) is 1.56. The van der Waals surface area contributed by atoms with Gasteiger partial charge in [-0.2, -0.15) is 5.10 Å². The number of hydrogen-bond donors (Lipinski definition) is 6. The molecule has 0 spiro atoms. The van der Waals surface area contributed by atoms with Crippen LogP contribution in [0.25, 0.3) is 22.6 Å². The number of nitrogen functional groups attached to an aromatic ring is 2. The molecule has 3 aromatic heterocycles. The van der Waals surface area contributed by atoms with Gasteiger partial charge in [-0.3, -0.25) is 4.90 Å². The molecule has 0 aliphatic carbocycles. The van der Waals surface area contributed by atoms with Crippen molar-refractivity contribution in [1.29, 1.82) is 0 Å². The first kappa shape index (κ1) is 26.4. The van der Waals surface area contributed by atoms with Crippen molar-refractivity contribution in [3.05, 3.63) is 53.7 Å². The maximum atomic E-state index is 14.1. The van der Waals surface area contributed by atoms with Gasteiger partial charge in [-0.25, -0.2) is 37.8 Å². The second-order valence-electron chi connectivity index (χ2n) is 7.14. The fourth-order valence-corrected chi connectivity index (χ4v) is 3.13. The van der Waals surface area contributed by atoms with Crippen molar-refractivity contribution >= 4 is 42.3 Å². The number of nitrogens with two attached hydrogens (primary N) is 2. The van der Waals surface area contributed by atoms with Crippen LogP contribution in [0.2, 0.25) is 0 Å². The highest BCUT2D eigenvalue weighted by atomic mass is 31.2. The second kappa shape index (κ2) is 10.2. The molecule has 0 radical (unpaired) electrons. The van der Waals surface area contributed by atoms with Crippen LogP contribution < -0.4 is 16.4 Å². The Hall–Kier alpha value is -4.24. The molecular weight excluding hydrogens is 505 g/mol. The molecule has 0 fully saturated rings. The number of phosphoric acid groups is 1. The first-order chi connectivity index (χ1) is 16.8. The molecular formula is C19H19F2N8O6P. The van der Waals surface area contributed by atoms with Crippen LogP contribution in [-0.2, 0) is 11.1 Å². The Labute approximate surface area is 200 Å². The number of nitrogens with zero attached hydrogens (tertiary/aromatic N) is 6. The van der Waals surface area contributed by atoms with E-state index in [-0.39, 0.29) is 46.4 Å². The van der Waals surface area contributed by atoms with Crippen molar-refractivity contribution in [3.63, 3.8) is 0 Å². The van der Waals surface area contributed by atoms with E-state index < -0.39 is 25.6 Å². The van der Waals surface area contributed by atoms with Crippen LogP contribution in [0.4, 0.5) is 30.9 Å². The number of hydrogen-bond acceptors (Lipinski definition) is 8.